The van der Waals surface area contributed by atoms with E-state index in [9.17, 15) is 13.6 Å². The smallest absolute Gasteiger partial charge is 0.244 e. The number of hydrogen-bond donors (Lipinski definition) is 0. The lowest BCUT2D eigenvalue weighted by atomic mass is 9.99. The van der Waals surface area contributed by atoms with E-state index in [2.05, 4.69) is 11.0 Å². The van der Waals surface area contributed by atoms with Crippen molar-refractivity contribution in [1.29, 1.82) is 5.26 Å². The van der Waals surface area contributed by atoms with Gasteiger partial charge in [-0.3, -0.25) is 9.69 Å². The molecule has 7 heteroatoms. The van der Waals surface area contributed by atoms with Crippen molar-refractivity contribution < 1.29 is 18.3 Å². The lowest BCUT2D eigenvalue weighted by Crippen LogP contribution is -2.55. The lowest BCUT2D eigenvalue weighted by Gasteiger charge is -2.42. The van der Waals surface area contributed by atoms with Crippen LogP contribution in [0.1, 0.15) is 30.1 Å². The number of benzene rings is 2. The summed E-state index contributed by atoms with van der Waals surface area (Å²) in [5.74, 6) is -1.77. The van der Waals surface area contributed by atoms with E-state index in [1.807, 2.05) is 0 Å². The van der Waals surface area contributed by atoms with Gasteiger partial charge in [0.15, 0.2) is 11.6 Å². The molecule has 2 aromatic carbocycles. The first kappa shape index (κ1) is 19.5. The largest absolute Gasteiger partial charge is 0.371 e. The molecule has 29 heavy (non-hydrogen) atoms. The number of morpholine rings is 1. The van der Waals surface area contributed by atoms with Gasteiger partial charge in [0, 0.05) is 25.3 Å². The van der Waals surface area contributed by atoms with E-state index in [-0.39, 0.29) is 11.9 Å². The summed E-state index contributed by atoms with van der Waals surface area (Å²) >= 11 is 0. The standard InChI is InChI=1S/C22H21F2N3O2/c23-18-8-5-16(12-19(18)24)21-14-26(10-11-29-21)20-2-1-9-27(22(20)28)17-6-3-15(13-25)4-7-17/h3-8,12,20-21H,1-2,9-11,14H2. The minimum atomic E-state index is -0.899. The lowest BCUT2D eigenvalue weighted by molar-refractivity contribution is -0.129. The molecule has 0 bridgehead atoms. The number of carbonyl (C=O) groups excluding carboxylic acids is 1. The summed E-state index contributed by atoms with van der Waals surface area (Å²) in [5, 5.41) is 8.96. The number of rotatable bonds is 3. The molecular formula is C22H21F2N3O2. The monoisotopic (exact) mass is 397 g/mol. The topological polar surface area (TPSA) is 56.6 Å². The van der Waals surface area contributed by atoms with Crippen molar-refractivity contribution in [2.24, 2.45) is 0 Å². The van der Waals surface area contributed by atoms with Gasteiger partial charge in [0.2, 0.25) is 5.91 Å². The van der Waals surface area contributed by atoms with Crippen LogP contribution in [0.5, 0.6) is 0 Å². The maximum atomic E-state index is 13.6. The van der Waals surface area contributed by atoms with Crippen LogP contribution < -0.4 is 4.90 Å². The first-order valence-electron chi connectivity index (χ1n) is 9.69. The molecule has 2 aliphatic rings. The van der Waals surface area contributed by atoms with Crippen LogP contribution in [0.2, 0.25) is 0 Å². The van der Waals surface area contributed by atoms with Crippen LogP contribution in [0.3, 0.4) is 0 Å². The van der Waals surface area contributed by atoms with E-state index in [1.54, 1.807) is 29.2 Å². The van der Waals surface area contributed by atoms with Gasteiger partial charge in [0.25, 0.3) is 0 Å². The number of ether oxygens (including phenoxy) is 1. The molecule has 2 heterocycles. The predicted octanol–water partition coefficient (Wildman–Crippen LogP) is 3.41. The summed E-state index contributed by atoms with van der Waals surface area (Å²) in [4.78, 5) is 17.0. The van der Waals surface area contributed by atoms with Gasteiger partial charge < -0.3 is 9.64 Å². The minimum absolute atomic E-state index is 0.0203. The fourth-order valence-corrected chi connectivity index (χ4v) is 4.03. The fourth-order valence-electron chi connectivity index (χ4n) is 4.03. The molecule has 0 saturated carbocycles. The Morgan fingerprint density at radius 2 is 1.86 bits per heavy atom. The van der Waals surface area contributed by atoms with E-state index in [4.69, 9.17) is 10.00 Å². The molecule has 0 radical (unpaired) electrons. The molecule has 0 N–H and O–H groups in total. The van der Waals surface area contributed by atoms with Crippen LogP contribution >= 0.6 is 0 Å². The molecule has 0 aliphatic carbocycles. The third-order valence-corrected chi connectivity index (χ3v) is 5.57. The second kappa shape index (κ2) is 8.27. The molecule has 150 valence electrons. The highest BCUT2D eigenvalue weighted by atomic mass is 19.2. The van der Waals surface area contributed by atoms with Crippen LogP contribution in [0.4, 0.5) is 14.5 Å². The number of nitrogens with zero attached hydrogens (tertiary/aromatic N) is 3. The molecule has 0 spiro atoms. The Balaban J connectivity index is 1.50. The van der Waals surface area contributed by atoms with E-state index >= 15 is 0 Å². The summed E-state index contributed by atoms with van der Waals surface area (Å²) < 4.78 is 32.6. The molecule has 2 unspecified atom stereocenters. The Kier molecular flexibility index (Phi) is 5.56. The highest BCUT2D eigenvalue weighted by Crippen LogP contribution is 2.29. The summed E-state index contributed by atoms with van der Waals surface area (Å²) in [6.45, 7) is 2.11. The van der Waals surface area contributed by atoms with Crippen molar-refractivity contribution in [3.05, 3.63) is 65.2 Å². The number of anilines is 1. The average molecular weight is 397 g/mol. The Hall–Kier alpha value is -2.82. The summed E-state index contributed by atoms with van der Waals surface area (Å²) in [6.07, 6.45) is 1.21. The van der Waals surface area contributed by atoms with Gasteiger partial charge in [-0.2, -0.15) is 5.26 Å². The van der Waals surface area contributed by atoms with Crippen molar-refractivity contribution in [3.8, 4) is 6.07 Å². The number of hydrogen-bond acceptors (Lipinski definition) is 4. The zero-order chi connectivity index (χ0) is 20.4. The molecule has 2 aromatic rings. The highest BCUT2D eigenvalue weighted by molar-refractivity contribution is 5.98. The average Bonchev–Trinajstić information content (AvgIpc) is 2.76. The van der Waals surface area contributed by atoms with Crippen LogP contribution in [-0.2, 0) is 9.53 Å². The molecule has 2 atom stereocenters. The summed E-state index contributed by atoms with van der Waals surface area (Å²) in [6, 6.07) is 12.6. The Labute approximate surface area is 168 Å². The SMILES string of the molecule is N#Cc1ccc(N2CCCC(N3CCOC(c4ccc(F)c(F)c4)C3)C2=O)cc1. The highest BCUT2D eigenvalue weighted by Gasteiger charge is 2.36. The third kappa shape index (κ3) is 4.00. The third-order valence-electron chi connectivity index (χ3n) is 5.57. The van der Waals surface area contributed by atoms with Crippen LogP contribution in [0.25, 0.3) is 0 Å². The zero-order valence-corrected chi connectivity index (χ0v) is 15.9. The minimum Gasteiger partial charge on any atom is -0.371 e. The van der Waals surface area contributed by atoms with Gasteiger partial charge in [-0.15, -0.1) is 0 Å². The molecule has 2 aliphatic heterocycles. The van der Waals surface area contributed by atoms with E-state index in [0.717, 1.165) is 30.7 Å². The van der Waals surface area contributed by atoms with Crippen LogP contribution in [0.15, 0.2) is 42.5 Å². The normalized spacial score (nSPS) is 23.1. The molecule has 2 saturated heterocycles. The number of halogens is 2. The first-order chi connectivity index (χ1) is 14.1. The van der Waals surface area contributed by atoms with Gasteiger partial charge in [-0.25, -0.2) is 8.78 Å². The molecule has 5 nitrogen and oxygen atoms in total. The summed E-state index contributed by atoms with van der Waals surface area (Å²) in [7, 11) is 0. The number of carbonyl (C=O) groups is 1. The van der Waals surface area contributed by atoms with Gasteiger partial charge >= 0.3 is 0 Å². The molecule has 4 rings (SSSR count). The Morgan fingerprint density at radius 1 is 1.07 bits per heavy atom. The van der Waals surface area contributed by atoms with Gasteiger partial charge in [0.05, 0.1) is 30.4 Å². The van der Waals surface area contributed by atoms with Crippen molar-refractivity contribution in [2.75, 3.05) is 31.1 Å². The first-order valence-corrected chi connectivity index (χ1v) is 9.69. The van der Waals surface area contributed by atoms with E-state index in [1.165, 1.54) is 6.07 Å². The van der Waals surface area contributed by atoms with Crippen molar-refractivity contribution >= 4 is 11.6 Å². The Bertz CT molecular complexity index is 942. The van der Waals surface area contributed by atoms with Gasteiger partial charge in [-0.1, -0.05) is 6.07 Å². The van der Waals surface area contributed by atoms with Crippen molar-refractivity contribution in [2.45, 2.75) is 25.0 Å². The second-order valence-electron chi connectivity index (χ2n) is 7.33. The van der Waals surface area contributed by atoms with Crippen molar-refractivity contribution in [1.82, 2.24) is 4.90 Å². The molecule has 2 fully saturated rings. The summed E-state index contributed by atoms with van der Waals surface area (Å²) in [5.41, 5.74) is 1.90. The number of amides is 1. The second-order valence-corrected chi connectivity index (χ2v) is 7.33. The molecule has 1 amide bonds. The maximum absolute atomic E-state index is 13.6. The van der Waals surface area contributed by atoms with Gasteiger partial charge in [-0.05, 0) is 54.8 Å². The molecule has 0 aromatic heterocycles. The van der Waals surface area contributed by atoms with E-state index in [0.29, 0.717) is 37.4 Å². The van der Waals surface area contributed by atoms with Crippen LogP contribution in [0, 0.1) is 23.0 Å². The van der Waals surface area contributed by atoms with Crippen molar-refractivity contribution in [3.63, 3.8) is 0 Å². The fraction of sp³-hybridized carbons (Fsp3) is 0.364. The Morgan fingerprint density at radius 3 is 2.59 bits per heavy atom. The zero-order valence-electron chi connectivity index (χ0n) is 15.9. The maximum Gasteiger partial charge on any atom is 0.244 e. The number of nitriles is 1. The van der Waals surface area contributed by atoms with Gasteiger partial charge in [0.1, 0.15) is 0 Å². The molecular weight excluding hydrogens is 376 g/mol. The quantitative estimate of drug-likeness (QED) is 0.797. The van der Waals surface area contributed by atoms with Crippen LogP contribution in [-0.4, -0.2) is 43.1 Å². The number of piperidine rings is 1. The van der Waals surface area contributed by atoms with E-state index < -0.39 is 17.7 Å². The predicted molar refractivity (Wildman–Crippen MR) is 103 cm³/mol.